The average molecular weight is 539 g/mol. The number of nitrogens with one attached hydrogen (secondary N) is 1. The molecular formula is C22H23FIN3O4. The number of nitrogens with zero attached hydrogens (tertiary/aromatic N) is 2. The molecule has 1 N–H and O–H groups in total. The number of nitro groups is 1. The van der Waals surface area contributed by atoms with E-state index < -0.39 is 34.1 Å². The van der Waals surface area contributed by atoms with Gasteiger partial charge in [-0.2, -0.15) is 0 Å². The van der Waals surface area contributed by atoms with Crippen LogP contribution in [0.3, 0.4) is 0 Å². The maximum atomic E-state index is 14.6. The van der Waals surface area contributed by atoms with Gasteiger partial charge in [0, 0.05) is 21.7 Å². The number of hydrogen-bond acceptors (Lipinski definition) is 4. The van der Waals surface area contributed by atoms with E-state index in [4.69, 9.17) is 0 Å². The Kier molecular flexibility index (Phi) is 7.88. The first kappa shape index (κ1) is 24.4. The lowest BCUT2D eigenvalue weighted by molar-refractivity contribution is -0.385. The van der Waals surface area contributed by atoms with E-state index in [9.17, 15) is 24.1 Å². The quantitative estimate of drug-likeness (QED) is 0.241. The summed E-state index contributed by atoms with van der Waals surface area (Å²) in [5.41, 5.74) is -1.18. The fourth-order valence-electron chi connectivity index (χ4n) is 3.06. The maximum absolute atomic E-state index is 14.6. The van der Waals surface area contributed by atoms with Crippen molar-refractivity contribution in [2.24, 2.45) is 0 Å². The van der Waals surface area contributed by atoms with Gasteiger partial charge in [0.1, 0.15) is 11.9 Å². The van der Waals surface area contributed by atoms with E-state index in [1.807, 2.05) is 22.6 Å². The van der Waals surface area contributed by atoms with Crippen LogP contribution in [-0.4, -0.2) is 33.7 Å². The first-order valence-electron chi connectivity index (χ1n) is 9.39. The third kappa shape index (κ3) is 5.87. The number of amides is 2. The molecule has 0 aromatic heterocycles. The lowest BCUT2D eigenvalue weighted by Crippen LogP contribution is -2.49. The van der Waals surface area contributed by atoms with Gasteiger partial charge in [-0.25, -0.2) is 4.39 Å². The molecule has 0 aliphatic heterocycles. The summed E-state index contributed by atoms with van der Waals surface area (Å²) in [4.78, 5) is 38.9. The summed E-state index contributed by atoms with van der Waals surface area (Å²) in [6, 6.07) is 8.51. The van der Waals surface area contributed by atoms with E-state index in [1.165, 1.54) is 30.3 Å². The number of halogens is 2. The summed E-state index contributed by atoms with van der Waals surface area (Å²) >= 11 is 1.84. The van der Waals surface area contributed by atoms with Crippen molar-refractivity contribution < 1.29 is 18.9 Å². The predicted octanol–water partition coefficient (Wildman–Crippen LogP) is 4.62. The molecule has 31 heavy (non-hydrogen) atoms. The molecule has 164 valence electrons. The van der Waals surface area contributed by atoms with Crippen molar-refractivity contribution in [3.05, 3.63) is 85.7 Å². The molecule has 2 aromatic rings. The zero-order valence-corrected chi connectivity index (χ0v) is 19.6. The Balaban J connectivity index is 2.72. The molecule has 2 rings (SSSR count). The Labute approximate surface area is 193 Å². The second kappa shape index (κ2) is 9.99. The lowest BCUT2D eigenvalue weighted by atomic mass is 9.99. The number of rotatable bonds is 7. The first-order chi connectivity index (χ1) is 14.5. The standard InChI is InChI=1S/C22H23FIN3O4/c1-5-13-26(21(29)18-15(23)10-8-11-16(18)24)19(20(28)25-22(2,3)4)14-9-6-7-12-17(14)27(30)31/h5-12,19H,1,13H2,2-4H3,(H,25,28). The van der Waals surface area contributed by atoms with E-state index in [-0.39, 0.29) is 23.4 Å². The second-order valence-electron chi connectivity index (χ2n) is 7.80. The minimum Gasteiger partial charge on any atom is -0.349 e. The Morgan fingerprint density at radius 2 is 1.90 bits per heavy atom. The summed E-state index contributed by atoms with van der Waals surface area (Å²) in [6.07, 6.45) is 1.39. The normalized spacial score (nSPS) is 12.0. The molecule has 0 spiro atoms. The van der Waals surface area contributed by atoms with Crippen LogP contribution in [0.25, 0.3) is 0 Å². The van der Waals surface area contributed by atoms with E-state index in [0.717, 1.165) is 11.0 Å². The monoisotopic (exact) mass is 539 g/mol. The van der Waals surface area contributed by atoms with Crippen molar-refractivity contribution in [1.29, 1.82) is 0 Å². The average Bonchev–Trinajstić information content (AvgIpc) is 2.66. The number of carbonyl (C=O) groups excluding carboxylic acids is 2. The van der Waals surface area contributed by atoms with Gasteiger partial charge in [-0.1, -0.05) is 24.3 Å². The Hall–Kier alpha value is -2.82. The zero-order valence-electron chi connectivity index (χ0n) is 17.4. The maximum Gasteiger partial charge on any atom is 0.275 e. The Morgan fingerprint density at radius 3 is 2.45 bits per heavy atom. The SMILES string of the molecule is C=CCN(C(=O)c1c(F)cccc1I)C(C(=O)NC(C)(C)C)c1ccccc1[N+](=O)[O-]. The zero-order chi connectivity index (χ0) is 23.3. The van der Waals surface area contributed by atoms with Gasteiger partial charge in [0.05, 0.1) is 16.1 Å². The largest absolute Gasteiger partial charge is 0.349 e. The number of hydrogen-bond donors (Lipinski definition) is 1. The van der Waals surface area contributed by atoms with Crippen LogP contribution >= 0.6 is 22.6 Å². The van der Waals surface area contributed by atoms with Crippen LogP contribution in [0, 0.1) is 19.5 Å². The molecule has 0 aliphatic carbocycles. The van der Waals surface area contributed by atoms with Crippen LogP contribution in [0.5, 0.6) is 0 Å². The molecule has 0 bridgehead atoms. The van der Waals surface area contributed by atoms with E-state index in [0.29, 0.717) is 3.57 Å². The van der Waals surface area contributed by atoms with Crippen LogP contribution in [0.15, 0.2) is 55.1 Å². The van der Waals surface area contributed by atoms with Gasteiger partial charge in [0.2, 0.25) is 5.91 Å². The van der Waals surface area contributed by atoms with Crippen LogP contribution in [0.2, 0.25) is 0 Å². The summed E-state index contributed by atoms with van der Waals surface area (Å²) in [5, 5.41) is 14.4. The van der Waals surface area contributed by atoms with Crippen LogP contribution < -0.4 is 5.32 Å². The van der Waals surface area contributed by atoms with Crippen LogP contribution in [0.4, 0.5) is 10.1 Å². The Morgan fingerprint density at radius 1 is 1.26 bits per heavy atom. The summed E-state index contributed by atoms with van der Waals surface area (Å²) in [7, 11) is 0. The van der Waals surface area contributed by atoms with Crippen molar-refractivity contribution in [3.63, 3.8) is 0 Å². The molecule has 0 heterocycles. The summed E-state index contributed by atoms with van der Waals surface area (Å²) < 4.78 is 14.9. The molecular weight excluding hydrogens is 516 g/mol. The van der Waals surface area contributed by atoms with Crippen molar-refractivity contribution in [1.82, 2.24) is 10.2 Å². The minimum atomic E-state index is -1.37. The van der Waals surface area contributed by atoms with Gasteiger partial charge in [0.15, 0.2) is 0 Å². The topological polar surface area (TPSA) is 92.6 Å². The smallest absolute Gasteiger partial charge is 0.275 e. The third-order valence-electron chi connectivity index (χ3n) is 4.25. The fraction of sp³-hybridized carbons (Fsp3) is 0.273. The van der Waals surface area contributed by atoms with E-state index in [2.05, 4.69) is 11.9 Å². The van der Waals surface area contributed by atoms with Crippen LogP contribution in [-0.2, 0) is 4.79 Å². The van der Waals surface area contributed by atoms with Gasteiger partial charge in [-0.05, 0) is 61.6 Å². The molecule has 0 saturated heterocycles. The van der Waals surface area contributed by atoms with Gasteiger partial charge in [0.25, 0.3) is 11.6 Å². The molecule has 7 nitrogen and oxygen atoms in total. The molecule has 9 heteroatoms. The highest BCUT2D eigenvalue weighted by Gasteiger charge is 2.38. The number of carbonyl (C=O) groups is 2. The van der Waals surface area contributed by atoms with E-state index in [1.54, 1.807) is 32.9 Å². The molecule has 0 radical (unpaired) electrons. The van der Waals surface area contributed by atoms with Crippen molar-refractivity contribution in [2.45, 2.75) is 32.4 Å². The number of para-hydroxylation sites is 1. The second-order valence-corrected chi connectivity index (χ2v) is 8.96. The van der Waals surface area contributed by atoms with Crippen molar-refractivity contribution >= 4 is 40.1 Å². The lowest BCUT2D eigenvalue weighted by Gasteiger charge is -2.33. The highest BCUT2D eigenvalue weighted by molar-refractivity contribution is 14.1. The van der Waals surface area contributed by atoms with Gasteiger partial charge in [-0.3, -0.25) is 19.7 Å². The van der Waals surface area contributed by atoms with E-state index >= 15 is 0 Å². The van der Waals surface area contributed by atoms with Gasteiger partial charge in [-0.15, -0.1) is 6.58 Å². The molecule has 0 saturated carbocycles. The minimum absolute atomic E-state index is 0.0239. The van der Waals surface area contributed by atoms with Crippen molar-refractivity contribution in [2.75, 3.05) is 6.54 Å². The van der Waals surface area contributed by atoms with Crippen molar-refractivity contribution in [3.8, 4) is 0 Å². The fourth-order valence-corrected chi connectivity index (χ4v) is 3.76. The number of nitro benzene ring substituents is 1. The third-order valence-corrected chi connectivity index (χ3v) is 5.15. The highest BCUT2D eigenvalue weighted by Crippen LogP contribution is 2.32. The summed E-state index contributed by atoms with van der Waals surface area (Å²) in [6.45, 7) is 8.76. The first-order valence-corrected chi connectivity index (χ1v) is 10.5. The number of benzene rings is 2. The molecule has 0 fully saturated rings. The molecule has 2 aromatic carbocycles. The molecule has 1 atom stereocenters. The van der Waals surface area contributed by atoms with Gasteiger partial charge >= 0.3 is 0 Å². The summed E-state index contributed by atoms with van der Waals surface area (Å²) in [5.74, 6) is -2.14. The molecule has 2 amide bonds. The molecule has 1 unspecified atom stereocenters. The highest BCUT2D eigenvalue weighted by atomic mass is 127. The van der Waals surface area contributed by atoms with Gasteiger partial charge < -0.3 is 10.2 Å². The van der Waals surface area contributed by atoms with Crippen LogP contribution in [0.1, 0.15) is 42.7 Å². The predicted molar refractivity (Wildman–Crippen MR) is 124 cm³/mol. The molecule has 0 aliphatic rings. The Bertz CT molecular complexity index is 1000.